The van der Waals surface area contributed by atoms with Crippen LogP contribution in [0.3, 0.4) is 0 Å². The minimum Gasteiger partial charge on any atom is -0.345 e. The third kappa shape index (κ3) is 11.6. The van der Waals surface area contributed by atoms with Crippen molar-refractivity contribution in [1.29, 1.82) is 0 Å². The van der Waals surface area contributed by atoms with Crippen molar-refractivity contribution in [2.45, 2.75) is 46.6 Å². The van der Waals surface area contributed by atoms with Gasteiger partial charge in [-0.15, -0.1) is 12.4 Å². The van der Waals surface area contributed by atoms with E-state index < -0.39 is 0 Å². The fourth-order valence-electron chi connectivity index (χ4n) is 1.39. The molecule has 0 aromatic rings. The van der Waals surface area contributed by atoms with Crippen LogP contribution in [0.15, 0.2) is 0 Å². The molecule has 0 aliphatic carbocycles. The van der Waals surface area contributed by atoms with Gasteiger partial charge in [0.15, 0.2) is 0 Å². The van der Waals surface area contributed by atoms with E-state index in [0.717, 1.165) is 24.6 Å². The Bertz CT molecular complexity index is 237. The van der Waals surface area contributed by atoms with Gasteiger partial charge >= 0.3 is 0 Å². The molecule has 0 radical (unpaired) electrons. The maximum atomic E-state index is 11.8. The van der Waals surface area contributed by atoms with Crippen molar-refractivity contribution in [3.8, 4) is 0 Å². The van der Waals surface area contributed by atoms with Crippen molar-refractivity contribution in [3.63, 3.8) is 0 Å². The summed E-state index contributed by atoms with van der Waals surface area (Å²) in [5.41, 5.74) is 5.98. The highest BCUT2D eigenvalue weighted by atomic mass is 35.5. The molecular weight excluding hydrogens is 280 g/mol. The average Bonchev–Trinajstić information content (AvgIpc) is 2.30. The minimum absolute atomic E-state index is 0. The minimum atomic E-state index is 0. The van der Waals surface area contributed by atoms with Crippen LogP contribution < -0.4 is 5.73 Å². The number of nitrogens with two attached hydrogens (primary N) is 1. The molecule has 0 aromatic heterocycles. The van der Waals surface area contributed by atoms with E-state index in [1.54, 1.807) is 11.8 Å². The Hall–Kier alpha value is 0.0700. The summed E-state index contributed by atoms with van der Waals surface area (Å²) in [6.07, 6.45) is 2.07. The standard InChI is InChI=1S/C14H30N2OS.ClH/c1-11(2)7-9-18-10-14(17)16(5)8-6-13(15)12(3)4;/h11-13H,6-10,15H2,1-5H3;1H. The zero-order valence-corrected chi connectivity index (χ0v) is 14.6. The second-order valence-corrected chi connectivity index (χ2v) is 6.85. The van der Waals surface area contributed by atoms with E-state index >= 15 is 0 Å². The van der Waals surface area contributed by atoms with Crippen LogP contribution in [0.1, 0.15) is 40.5 Å². The smallest absolute Gasteiger partial charge is 0.232 e. The summed E-state index contributed by atoms with van der Waals surface area (Å²) in [7, 11) is 1.87. The number of thioether (sulfide) groups is 1. The molecule has 0 bridgehead atoms. The van der Waals surface area contributed by atoms with Crippen LogP contribution in [0.4, 0.5) is 0 Å². The Kier molecular flexibility index (Phi) is 13.3. The lowest BCUT2D eigenvalue weighted by atomic mass is 10.0. The topological polar surface area (TPSA) is 46.3 Å². The lowest BCUT2D eigenvalue weighted by molar-refractivity contribution is -0.127. The highest BCUT2D eigenvalue weighted by Gasteiger charge is 2.12. The first-order valence-corrected chi connectivity index (χ1v) is 8.07. The highest BCUT2D eigenvalue weighted by Crippen LogP contribution is 2.10. The van der Waals surface area contributed by atoms with E-state index in [2.05, 4.69) is 27.7 Å². The number of carbonyl (C=O) groups is 1. The molecule has 0 aliphatic rings. The molecule has 1 amide bonds. The van der Waals surface area contributed by atoms with Crippen LogP contribution in [0.5, 0.6) is 0 Å². The monoisotopic (exact) mass is 310 g/mol. The second-order valence-electron chi connectivity index (χ2n) is 5.75. The summed E-state index contributed by atoms with van der Waals surface area (Å²) < 4.78 is 0. The molecule has 0 aliphatic heterocycles. The van der Waals surface area contributed by atoms with Gasteiger partial charge in [0, 0.05) is 19.6 Å². The van der Waals surface area contributed by atoms with Gasteiger partial charge in [-0.2, -0.15) is 11.8 Å². The molecule has 3 nitrogen and oxygen atoms in total. The van der Waals surface area contributed by atoms with Gasteiger partial charge in [0.25, 0.3) is 0 Å². The lowest BCUT2D eigenvalue weighted by Crippen LogP contribution is -2.35. The second kappa shape index (κ2) is 11.9. The maximum absolute atomic E-state index is 11.8. The summed E-state index contributed by atoms with van der Waals surface area (Å²) in [5, 5.41) is 0. The molecule has 5 heteroatoms. The molecule has 0 spiro atoms. The number of amides is 1. The zero-order valence-electron chi connectivity index (χ0n) is 13.0. The van der Waals surface area contributed by atoms with Gasteiger partial charge in [-0.05, 0) is 30.4 Å². The summed E-state index contributed by atoms with van der Waals surface area (Å²) in [6, 6.07) is 0.189. The zero-order chi connectivity index (χ0) is 14.1. The molecule has 0 saturated carbocycles. The third-order valence-electron chi connectivity index (χ3n) is 3.14. The SMILES string of the molecule is CC(C)CCSCC(=O)N(C)CCC(N)C(C)C.Cl. The fraction of sp³-hybridized carbons (Fsp3) is 0.929. The number of hydrogen-bond donors (Lipinski definition) is 1. The summed E-state index contributed by atoms with van der Waals surface area (Å²) in [6.45, 7) is 9.43. The van der Waals surface area contributed by atoms with E-state index in [1.165, 1.54) is 6.42 Å². The van der Waals surface area contributed by atoms with Gasteiger partial charge < -0.3 is 10.6 Å². The van der Waals surface area contributed by atoms with E-state index in [0.29, 0.717) is 11.7 Å². The predicted octanol–water partition coefficient (Wildman–Crippen LogP) is 3.02. The molecular formula is C14H31ClN2OS. The van der Waals surface area contributed by atoms with Gasteiger partial charge in [-0.3, -0.25) is 4.79 Å². The van der Waals surface area contributed by atoms with E-state index in [-0.39, 0.29) is 24.4 Å². The lowest BCUT2D eigenvalue weighted by Gasteiger charge is -2.21. The van der Waals surface area contributed by atoms with E-state index in [9.17, 15) is 4.79 Å². The Morgan fingerprint density at radius 3 is 2.26 bits per heavy atom. The molecule has 1 atom stereocenters. The van der Waals surface area contributed by atoms with Crippen molar-refractivity contribution in [3.05, 3.63) is 0 Å². The van der Waals surface area contributed by atoms with Gasteiger partial charge in [0.05, 0.1) is 5.75 Å². The summed E-state index contributed by atoms with van der Waals surface area (Å²) in [4.78, 5) is 13.6. The normalized spacial score (nSPS) is 12.4. The van der Waals surface area contributed by atoms with Crippen molar-refractivity contribution in [2.24, 2.45) is 17.6 Å². The van der Waals surface area contributed by atoms with Gasteiger partial charge in [0.2, 0.25) is 5.91 Å². The van der Waals surface area contributed by atoms with Crippen molar-refractivity contribution < 1.29 is 4.79 Å². The Morgan fingerprint density at radius 1 is 1.21 bits per heavy atom. The largest absolute Gasteiger partial charge is 0.345 e. The molecule has 0 rings (SSSR count). The molecule has 1 unspecified atom stereocenters. The molecule has 2 N–H and O–H groups in total. The first kappa shape index (κ1) is 21.4. The summed E-state index contributed by atoms with van der Waals surface area (Å²) in [5.74, 6) is 3.09. The number of halogens is 1. The average molecular weight is 311 g/mol. The number of nitrogens with zero attached hydrogens (tertiary/aromatic N) is 1. The Morgan fingerprint density at radius 2 is 1.79 bits per heavy atom. The molecule has 0 saturated heterocycles. The van der Waals surface area contributed by atoms with Crippen molar-refractivity contribution in [1.82, 2.24) is 4.90 Å². The quantitative estimate of drug-likeness (QED) is 0.666. The van der Waals surface area contributed by atoms with Gasteiger partial charge in [0.1, 0.15) is 0 Å². The van der Waals surface area contributed by atoms with E-state index in [4.69, 9.17) is 5.73 Å². The predicted molar refractivity (Wildman–Crippen MR) is 89.1 cm³/mol. The van der Waals surface area contributed by atoms with E-state index in [1.807, 2.05) is 11.9 Å². The van der Waals surface area contributed by atoms with Crippen LogP contribution >= 0.6 is 24.2 Å². The third-order valence-corrected chi connectivity index (χ3v) is 4.12. The van der Waals surface area contributed by atoms with Crippen molar-refractivity contribution in [2.75, 3.05) is 25.1 Å². The number of rotatable bonds is 9. The van der Waals surface area contributed by atoms with Gasteiger partial charge in [-0.25, -0.2) is 0 Å². The fourth-order valence-corrected chi connectivity index (χ4v) is 2.57. The highest BCUT2D eigenvalue weighted by molar-refractivity contribution is 7.99. The summed E-state index contributed by atoms with van der Waals surface area (Å²) >= 11 is 1.74. The van der Waals surface area contributed by atoms with Crippen LogP contribution in [-0.2, 0) is 4.79 Å². The van der Waals surface area contributed by atoms with Crippen LogP contribution in [-0.4, -0.2) is 41.9 Å². The molecule has 0 fully saturated rings. The Balaban J connectivity index is 0. The molecule has 0 aromatic carbocycles. The maximum Gasteiger partial charge on any atom is 0.232 e. The Labute approximate surface area is 129 Å². The van der Waals surface area contributed by atoms with Crippen LogP contribution in [0, 0.1) is 11.8 Å². The molecule has 116 valence electrons. The molecule has 0 heterocycles. The van der Waals surface area contributed by atoms with Crippen LogP contribution in [0.25, 0.3) is 0 Å². The number of carbonyl (C=O) groups excluding carboxylic acids is 1. The number of hydrogen-bond acceptors (Lipinski definition) is 3. The first-order chi connectivity index (χ1) is 8.34. The molecule has 19 heavy (non-hydrogen) atoms. The van der Waals surface area contributed by atoms with Gasteiger partial charge in [-0.1, -0.05) is 27.7 Å². The van der Waals surface area contributed by atoms with Crippen LogP contribution in [0.2, 0.25) is 0 Å². The van der Waals surface area contributed by atoms with Crippen molar-refractivity contribution >= 4 is 30.1 Å². The first-order valence-electron chi connectivity index (χ1n) is 6.91.